The van der Waals surface area contributed by atoms with Crippen LogP contribution in [0.5, 0.6) is 0 Å². The number of nitrogens with zero attached hydrogens (tertiary/aromatic N) is 1. The average Bonchev–Trinajstić information content (AvgIpc) is 3.03. The van der Waals surface area contributed by atoms with Crippen molar-refractivity contribution >= 4 is 45.0 Å². The Balaban J connectivity index is 1.71. The molecule has 0 aliphatic heterocycles. The molecule has 0 bridgehead atoms. The van der Waals surface area contributed by atoms with Crippen molar-refractivity contribution in [1.29, 1.82) is 0 Å². The van der Waals surface area contributed by atoms with Crippen molar-refractivity contribution in [1.82, 2.24) is 9.97 Å². The molecule has 0 saturated carbocycles. The normalized spacial score (nSPS) is 11.1. The predicted octanol–water partition coefficient (Wildman–Crippen LogP) is 4.93. The molecule has 0 aliphatic rings. The summed E-state index contributed by atoms with van der Waals surface area (Å²) in [7, 11) is 0. The number of fused-ring (bicyclic) bond motifs is 3. The van der Waals surface area contributed by atoms with Gasteiger partial charge in [-0.2, -0.15) is 0 Å². The van der Waals surface area contributed by atoms with Gasteiger partial charge in [0.25, 0.3) is 5.91 Å². The van der Waals surface area contributed by atoms with Crippen LogP contribution in [0.15, 0.2) is 54.7 Å². The van der Waals surface area contributed by atoms with Crippen LogP contribution in [-0.4, -0.2) is 15.9 Å². The van der Waals surface area contributed by atoms with Crippen LogP contribution in [0.2, 0.25) is 5.02 Å². The van der Waals surface area contributed by atoms with Gasteiger partial charge >= 0.3 is 0 Å². The summed E-state index contributed by atoms with van der Waals surface area (Å²) >= 11 is 6.11. The predicted molar refractivity (Wildman–Crippen MR) is 97.7 cm³/mol. The number of halogens is 1. The first kappa shape index (κ1) is 14.7. The highest BCUT2D eigenvalue weighted by Gasteiger charge is 2.12. The van der Waals surface area contributed by atoms with Gasteiger partial charge in [0.15, 0.2) is 0 Å². The monoisotopic (exact) mass is 335 g/mol. The molecule has 0 saturated heterocycles. The van der Waals surface area contributed by atoms with Crippen LogP contribution in [0.25, 0.3) is 21.8 Å². The standard InChI is InChI=1S/C19H14ClN3O/c1-11-4-7-14(10-15(11)20)22-19(24)16-9-13-6-5-12-3-2-8-21-17(12)18(13)23-16/h2-10,23H,1H3,(H,22,24). The van der Waals surface area contributed by atoms with Crippen LogP contribution in [0.3, 0.4) is 0 Å². The zero-order valence-electron chi connectivity index (χ0n) is 12.9. The first-order valence-corrected chi connectivity index (χ1v) is 7.93. The molecule has 5 heteroatoms. The summed E-state index contributed by atoms with van der Waals surface area (Å²) < 4.78 is 0. The molecule has 0 radical (unpaired) electrons. The number of nitrogens with one attached hydrogen (secondary N) is 2. The first-order valence-electron chi connectivity index (χ1n) is 7.56. The Bertz CT molecular complexity index is 1080. The molecule has 0 aliphatic carbocycles. The van der Waals surface area contributed by atoms with E-state index in [2.05, 4.69) is 15.3 Å². The van der Waals surface area contributed by atoms with Gasteiger partial charge in [0, 0.05) is 27.7 Å². The fourth-order valence-electron chi connectivity index (χ4n) is 2.73. The maximum Gasteiger partial charge on any atom is 0.272 e. The van der Waals surface area contributed by atoms with Gasteiger partial charge in [-0.25, -0.2) is 0 Å². The van der Waals surface area contributed by atoms with Crippen LogP contribution in [0.4, 0.5) is 5.69 Å². The Kier molecular flexibility index (Phi) is 3.47. The lowest BCUT2D eigenvalue weighted by Crippen LogP contribution is -2.12. The summed E-state index contributed by atoms with van der Waals surface area (Å²) in [5.41, 5.74) is 3.84. The van der Waals surface area contributed by atoms with Crippen molar-refractivity contribution in [2.24, 2.45) is 0 Å². The van der Waals surface area contributed by atoms with Gasteiger partial charge in [-0.15, -0.1) is 0 Å². The van der Waals surface area contributed by atoms with E-state index in [1.54, 1.807) is 12.3 Å². The minimum absolute atomic E-state index is 0.213. The molecular weight excluding hydrogens is 322 g/mol. The number of aryl methyl sites for hydroxylation is 1. The van der Waals surface area contributed by atoms with Crippen molar-refractivity contribution in [3.63, 3.8) is 0 Å². The van der Waals surface area contributed by atoms with E-state index < -0.39 is 0 Å². The van der Waals surface area contributed by atoms with Crippen molar-refractivity contribution in [3.05, 3.63) is 71.0 Å². The molecule has 2 aromatic carbocycles. The Morgan fingerprint density at radius 2 is 1.96 bits per heavy atom. The molecule has 4 aromatic rings. The summed E-state index contributed by atoms with van der Waals surface area (Å²) in [6.07, 6.45) is 1.75. The zero-order valence-corrected chi connectivity index (χ0v) is 13.7. The number of anilines is 1. The minimum atomic E-state index is -0.213. The van der Waals surface area contributed by atoms with E-state index >= 15 is 0 Å². The van der Waals surface area contributed by atoms with E-state index in [-0.39, 0.29) is 5.91 Å². The zero-order chi connectivity index (χ0) is 16.7. The van der Waals surface area contributed by atoms with Gasteiger partial charge in [0.05, 0.1) is 11.0 Å². The Labute approximate surface area is 143 Å². The molecule has 4 rings (SSSR count). The lowest BCUT2D eigenvalue weighted by atomic mass is 10.1. The molecule has 2 heterocycles. The second-order valence-electron chi connectivity index (χ2n) is 5.71. The van der Waals surface area contributed by atoms with E-state index in [9.17, 15) is 4.79 Å². The lowest BCUT2D eigenvalue weighted by molar-refractivity contribution is 0.102. The molecule has 0 unspecified atom stereocenters. The number of benzene rings is 2. The number of carbonyl (C=O) groups excluding carboxylic acids is 1. The number of carbonyl (C=O) groups is 1. The number of amides is 1. The van der Waals surface area contributed by atoms with Crippen LogP contribution in [0, 0.1) is 6.92 Å². The fourth-order valence-corrected chi connectivity index (χ4v) is 2.91. The van der Waals surface area contributed by atoms with Crippen LogP contribution < -0.4 is 5.32 Å². The van der Waals surface area contributed by atoms with Gasteiger partial charge < -0.3 is 10.3 Å². The number of rotatable bonds is 2. The number of H-pyrrole nitrogens is 1. The van der Waals surface area contributed by atoms with E-state index in [0.717, 1.165) is 27.4 Å². The first-order chi connectivity index (χ1) is 11.6. The van der Waals surface area contributed by atoms with Crippen LogP contribution in [0.1, 0.15) is 16.1 Å². The summed E-state index contributed by atoms with van der Waals surface area (Å²) in [6.45, 7) is 1.92. The van der Waals surface area contributed by atoms with Crippen molar-refractivity contribution in [2.75, 3.05) is 5.32 Å². The number of hydrogen-bond acceptors (Lipinski definition) is 2. The van der Waals surface area contributed by atoms with Crippen molar-refractivity contribution in [3.8, 4) is 0 Å². The Morgan fingerprint density at radius 1 is 1.12 bits per heavy atom. The lowest BCUT2D eigenvalue weighted by Gasteiger charge is -2.05. The minimum Gasteiger partial charge on any atom is -0.349 e. The summed E-state index contributed by atoms with van der Waals surface area (Å²) in [6, 6.07) is 15.2. The number of aromatic amines is 1. The van der Waals surface area contributed by atoms with Crippen molar-refractivity contribution in [2.45, 2.75) is 6.92 Å². The maximum atomic E-state index is 12.5. The second-order valence-corrected chi connectivity index (χ2v) is 6.11. The molecule has 2 aromatic heterocycles. The van der Waals surface area contributed by atoms with Gasteiger partial charge in [-0.1, -0.05) is 35.9 Å². The topological polar surface area (TPSA) is 57.8 Å². The van der Waals surface area contributed by atoms with E-state index in [1.165, 1.54) is 0 Å². The summed E-state index contributed by atoms with van der Waals surface area (Å²) in [5, 5.41) is 5.47. The quantitative estimate of drug-likeness (QED) is 0.545. The highest BCUT2D eigenvalue weighted by Crippen LogP contribution is 2.25. The van der Waals surface area contributed by atoms with Gasteiger partial charge in [0.2, 0.25) is 0 Å². The van der Waals surface area contributed by atoms with Crippen LogP contribution >= 0.6 is 11.6 Å². The number of pyridine rings is 1. The summed E-state index contributed by atoms with van der Waals surface area (Å²) in [4.78, 5) is 20.1. The van der Waals surface area contributed by atoms with Gasteiger partial charge in [-0.05, 0) is 36.8 Å². The van der Waals surface area contributed by atoms with Crippen molar-refractivity contribution < 1.29 is 4.79 Å². The van der Waals surface area contributed by atoms with E-state index in [0.29, 0.717) is 16.4 Å². The molecule has 0 spiro atoms. The highest BCUT2D eigenvalue weighted by atomic mass is 35.5. The molecule has 24 heavy (non-hydrogen) atoms. The van der Waals surface area contributed by atoms with Gasteiger partial charge in [0.1, 0.15) is 5.69 Å². The second kappa shape index (κ2) is 5.65. The molecular formula is C19H14ClN3O. The maximum absolute atomic E-state index is 12.5. The molecule has 2 N–H and O–H groups in total. The largest absolute Gasteiger partial charge is 0.349 e. The highest BCUT2D eigenvalue weighted by molar-refractivity contribution is 6.31. The van der Waals surface area contributed by atoms with E-state index in [4.69, 9.17) is 11.6 Å². The third kappa shape index (κ3) is 2.51. The molecule has 1 amide bonds. The molecule has 118 valence electrons. The third-order valence-corrected chi connectivity index (χ3v) is 4.45. The smallest absolute Gasteiger partial charge is 0.272 e. The Morgan fingerprint density at radius 3 is 2.79 bits per heavy atom. The summed E-state index contributed by atoms with van der Waals surface area (Å²) in [5.74, 6) is -0.213. The van der Waals surface area contributed by atoms with Crippen LogP contribution in [-0.2, 0) is 0 Å². The number of hydrogen-bond donors (Lipinski definition) is 2. The average molecular weight is 336 g/mol. The molecule has 0 atom stereocenters. The molecule has 0 fully saturated rings. The molecule has 4 nitrogen and oxygen atoms in total. The van der Waals surface area contributed by atoms with E-state index in [1.807, 2.05) is 49.4 Å². The SMILES string of the molecule is Cc1ccc(NC(=O)c2cc3ccc4cccnc4c3[nH]2)cc1Cl. The third-order valence-electron chi connectivity index (χ3n) is 4.04. The number of aromatic nitrogens is 2. The Hall–Kier alpha value is -2.85. The fraction of sp³-hybridized carbons (Fsp3) is 0.0526. The van der Waals surface area contributed by atoms with Gasteiger partial charge in [-0.3, -0.25) is 9.78 Å².